The maximum Gasteiger partial charge on any atom is 0.254 e. The van der Waals surface area contributed by atoms with Crippen LogP contribution in [-0.2, 0) is 13.2 Å². The van der Waals surface area contributed by atoms with Gasteiger partial charge in [-0.3, -0.25) is 9.78 Å². The molecule has 140 valence electrons. The number of hydrogen-bond donors (Lipinski definition) is 0. The molecule has 2 heterocycles. The first-order valence-electron chi connectivity index (χ1n) is 8.73. The van der Waals surface area contributed by atoms with Crippen molar-refractivity contribution in [2.75, 3.05) is 13.7 Å². The van der Waals surface area contributed by atoms with Crippen molar-refractivity contribution in [2.45, 2.75) is 20.1 Å². The van der Waals surface area contributed by atoms with Gasteiger partial charge in [-0.05, 0) is 43.3 Å². The second-order valence-corrected chi connectivity index (χ2v) is 5.99. The summed E-state index contributed by atoms with van der Waals surface area (Å²) >= 11 is 0. The molecule has 6 heteroatoms. The van der Waals surface area contributed by atoms with Crippen LogP contribution in [0, 0.1) is 0 Å². The number of benzene rings is 1. The van der Waals surface area contributed by atoms with Crippen LogP contribution in [0.15, 0.2) is 65.5 Å². The Morgan fingerprint density at radius 1 is 1.15 bits per heavy atom. The maximum absolute atomic E-state index is 12.7. The highest BCUT2D eigenvalue weighted by atomic mass is 16.5. The lowest BCUT2D eigenvalue weighted by atomic mass is 10.1. The van der Waals surface area contributed by atoms with Crippen molar-refractivity contribution in [2.24, 2.45) is 0 Å². The van der Waals surface area contributed by atoms with Gasteiger partial charge in [0.1, 0.15) is 12.4 Å². The van der Waals surface area contributed by atoms with E-state index in [2.05, 4.69) is 4.98 Å². The third-order valence-electron chi connectivity index (χ3n) is 3.93. The Bertz CT molecular complexity index is 863. The van der Waals surface area contributed by atoms with Crippen molar-refractivity contribution in [1.29, 1.82) is 0 Å². The molecule has 0 spiro atoms. The summed E-state index contributed by atoms with van der Waals surface area (Å²) in [6, 6.07) is 12.6. The first-order valence-corrected chi connectivity index (χ1v) is 8.73. The molecule has 0 radical (unpaired) electrons. The topological polar surface area (TPSA) is 64.8 Å². The van der Waals surface area contributed by atoms with Gasteiger partial charge in [-0.15, -0.1) is 0 Å². The van der Waals surface area contributed by atoms with Gasteiger partial charge in [0, 0.05) is 30.6 Å². The van der Waals surface area contributed by atoms with Gasteiger partial charge >= 0.3 is 0 Å². The van der Waals surface area contributed by atoms with E-state index in [0.29, 0.717) is 36.8 Å². The lowest BCUT2D eigenvalue weighted by Gasteiger charge is -2.18. The SMILES string of the molecule is CCOc1cc(C(=O)N(C)Cc2ccco2)ccc1OCc1cccnc1. The summed E-state index contributed by atoms with van der Waals surface area (Å²) in [5, 5.41) is 0. The molecule has 1 aromatic carbocycles. The highest BCUT2D eigenvalue weighted by Gasteiger charge is 2.16. The zero-order valence-electron chi connectivity index (χ0n) is 15.4. The molecule has 3 rings (SSSR count). The first kappa shape index (κ1) is 18.5. The summed E-state index contributed by atoms with van der Waals surface area (Å²) in [5.41, 5.74) is 1.49. The number of pyridine rings is 1. The van der Waals surface area contributed by atoms with Gasteiger partial charge < -0.3 is 18.8 Å². The third kappa shape index (κ3) is 4.88. The van der Waals surface area contributed by atoms with Crippen molar-refractivity contribution in [3.05, 3.63) is 78.0 Å². The lowest BCUT2D eigenvalue weighted by molar-refractivity contribution is 0.0775. The van der Waals surface area contributed by atoms with Gasteiger partial charge in [-0.25, -0.2) is 0 Å². The number of carbonyl (C=O) groups is 1. The number of aromatic nitrogens is 1. The molecule has 27 heavy (non-hydrogen) atoms. The predicted molar refractivity (Wildman–Crippen MR) is 101 cm³/mol. The van der Waals surface area contributed by atoms with Crippen LogP contribution in [0.25, 0.3) is 0 Å². The van der Waals surface area contributed by atoms with E-state index in [0.717, 1.165) is 11.3 Å². The quantitative estimate of drug-likeness (QED) is 0.604. The molecule has 0 aliphatic carbocycles. The third-order valence-corrected chi connectivity index (χ3v) is 3.93. The normalized spacial score (nSPS) is 10.4. The molecule has 0 unspecified atom stereocenters. The van der Waals surface area contributed by atoms with Gasteiger partial charge in [-0.2, -0.15) is 0 Å². The number of furan rings is 1. The number of rotatable bonds is 8. The van der Waals surface area contributed by atoms with Crippen LogP contribution in [-0.4, -0.2) is 29.4 Å². The average molecular weight is 366 g/mol. The average Bonchev–Trinajstić information content (AvgIpc) is 3.20. The van der Waals surface area contributed by atoms with Crippen LogP contribution in [0.1, 0.15) is 28.6 Å². The Kier molecular flexibility index (Phi) is 6.10. The van der Waals surface area contributed by atoms with Crippen LogP contribution >= 0.6 is 0 Å². The molecule has 0 bridgehead atoms. The highest BCUT2D eigenvalue weighted by Crippen LogP contribution is 2.30. The summed E-state index contributed by atoms with van der Waals surface area (Å²) < 4.78 is 16.8. The molecule has 0 saturated carbocycles. The van der Waals surface area contributed by atoms with Gasteiger partial charge in [0.25, 0.3) is 5.91 Å². The second kappa shape index (κ2) is 8.89. The van der Waals surface area contributed by atoms with Gasteiger partial charge in [0.05, 0.1) is 19.4 Å². The largest absolute Gasteiger partial charge is 0.490 e. The van der Waals surface area contributed by atoms with E-state index in [9.17, 15) is 4.79 Å². The molecule has 0 N–H and O–H groups in total. The molecule has 0 fully saturated rings. The molecule has 2 aromatic heterocycles. The van der Waals surface area contributed by atoms with E-state index in [1.807, 2.05) is 25.1 Å². The summed E-state index contributed by atoms with van der Waals surface area (Å²) in [5.74, 6) is 1.74. The van der Waals surface area contributed by atoms with Crippen LogP contribution < -0.4 is 9.47 Å². The van der Waals surface area contributed by atoms with Crippen LogP contribution in [0.4, 0.5) is 0 Å². The maximum atomic E-state index is 12.7. The van der Waals surface area contributed by atoms with Crippen molar-refractivity contribution in [3.63, 3.8) is 0 Å². The molecule has 0 saturated heterocycles. The molecule has 0 atom stereocenters. The van der Waals surface area contributed by atoms with E-state index in [-0.39, 0.29) is 5.91 Å². The van der Waals surface area contributed by atoms with Crippen LogP contribution in [0.5, 0.6) is 11.5 Å². The fraction of sp³-hybridized carbons (Fsp3) is 0.238. The Morgan fingerprint density at radius 2 is 2.04 bits per heavy atom. The molecule has 3 aromatic rings. The molecule has 1 amide bonds. The number of carbonyl (C=O) groups excluding carboxylic acids is 1. The predicted octanol–water partition coefficient (Wildman–Crippen LogP) is 3.92. The minimum absolute atomic E-state index is 0.119. The zero-order chi connectivity index (χ0) is 19.1. The first-order chi connectivity index (χ1) is 13.2. The van der Waals surface area contributed by atoms with Crippen molar-refractivity contribution < 1.29 is 18.7 Å². The number of amides is 1. The summed E-state index contributed by atoms with van der Waals surface area (Å²) in [7, 11) is 1.73. The fourth-order valence-electron chi connectivity index (χ4n) is 2.60. The standard InChI is InChI=1S/C21H22N2O4/c1-3-25-20-12-17(21(24)23(2)14-18-7-5-11-26-18)8-9-19(20)27-15-16-6-4-10-22-13-16/h4-13H,3,14-15H2,1-2H3. The Hall–Kier alpha value is -3.28. The van der Waals surface area contributed by atoms with Crippen LogP contribution in [0.3, 0.4) is 0 Å². The minimum Gasteiger partial charge on any atom is -0.490 e. The Labute approximate surface area is 158 Å². The van der Waals surface area contributed by atoms with Crippen molar-refractivity contribution in [1.82, 2.24) is 9.88 Å². The second-order valence-electron chi connectivity index (χ2n) is 5.99. The molecule has 6 nitrogen and oxygen atoms in total. The molecular weight excluding hydrogens is 344 g/mol. The summed E-state index contributed by atoms with van der Waals surface area (Å²) in [4.78, 5) is 18.4. The molecule has 0 aliphatic rings. The number of nitrogens with zero attached hydrogens (tertiary/aromatic N) is 2. The summed E-state index contributed by atoms with van der Waals surface area (Å²) in [6.45, 7) is 3.14. The highest BCUT2D eigenvalue weighted by molar-refractivity contribution is 5.94. The van der Waals surface area contributed by atoms with Gasteiger partial charge in [0.15, 0.2) is 11.5 Å². The molecular formula is C21H22N2O4. The van der Waals surface area contributed by atoms with E-state index >= 15 is 0 Å². The molecule has 0 aliphatic heterocycles. The lowest BCUT2D eigenvalue weighted by Crippen LogP contribution is -2.26. The number of hydrogen-bond acceptors (Lipinski definition) is 5. The zero-order valence-corrected chi connectivity index (χ0v) is 15.4. The van der Waals surface area contributed by atoms with E-state index in [4.69, 9.17) is 13.9 Å². The monoisotopic (exact) mass is 366 g/mol. The summed E-state index contributed by atoms with van der Waals surface area (Å²) in [6.07, 6.45) is 5.06. The van der Waals surface area contributed by atoms with Gasteiger partial charge in [0.2, 0.25) is 0 Å². The number of ether oxygens (including phenoxy) is 2. The van der Waals surface area contributed by atoms with E-state index in [1.165, 1.54) is 0 Å². The fourth-order valence-corrected chi connectivity index (χ4v) is 2.60. The van der Waals surface area contributed by atoms with Crippen molar-refractivity contribution in [3.8, 4) is 11.5 Å². The minimum atomic E-state index is -0.119. The van der Waals surface area contributed by atoms with Crippen molar-refractivity contribution >= 4 is 5.91 Å². The van der Waals surface area contributed by atoms with Gasteiger partial charge in [-0.1, -0.05) is 6.07 Å². The van der Waals surface area contributed by atoms with E-state index in [1.54, 1.807) is 54.9 Å². The smallest absolute Gasteiger partial charge is 0.254 e. The Balaban J connectivity index is 1.72. The Morgan fingerprint density at radius 3 is 2.74 bits per heavy atom. The van der Waals surface area contributed by atoms with E-state index < -0.39 is 0 Å². The van der Waals surface area contributed by atoms with Crippen LogP contribution in [0.2, 0.25) is 0 Å².